The Morgan fingerprint density at radius 3 is 2.22 bits per heavy atom. The minimum absolute atomic E-state index is 0.0858. The minimum atomic E-state index is -0.577. The van der Waals surface area contributed by atoms with Crippen molar-refractivity contribution in [3.05, 3.63) is 34.9 Å². The van der Waals surface area contributed by atoms with E-state index >= 15 is 0 Å². The largest absolute Gasteiger partial charge is 0.347 e. The molecule has 1 aromatic carbocycles. The number of nitrogens with zero attached hydrogens (tertiary/aromatic N) is 3. The second-order valence-corrected chi connectivity index (χ2v) is 12.1. The molecule has 0 spiro atoms. The molecule has 1 aromatic rings. The standard InChI is InChI=1S/C30H52N4O2/c1-12-14-17-34(11)21-30(8,19-26(35)32-27(29(5,6)7)28(36)33(9)10)20-31-23(4)25-16-15-24(13-2)22(3)18-25/h15-16,18,27H,12-14,17,19-21H2,1-11H3,(H,32,35)/t27-,30?/m1/s1. The molecule has 1 rings (SSSR count). The van der Waals surface area contributed by atoms with Crippen molar-refractivity contribution in [3.63, 3.8) is 0 Å². The van der Waals surface area contributed by atoms with E-state index in [1.54, 1.807) is 19.0 Å². The maximum absolute atomic E-state index is 13.3. The lowest BCUT2D eigenvalue weighted by Crippen LogP contribution is -2.54. The molecule has 0 heterocycles. The predicted molar refractivity (Wildman–Crippen MR) is 153 cm³/mol. The smallest absolute Gasteiger partial charge is 0.245 e. The van der Waals surface area contributed by atoms with Crippen LogP contribution in [0.25, 0.3) is 0 Å². The molecular formula is C30H52N4O2. The normalized spacial score (nSPS) is 14.9. The molecule has 0 bridgehead atoms. The van der Waals surface area contributed by atoms with Crippen molar-refractivity contribution in [2.24, 2.45) is 15.8 Å². The summed E-state index contributed by atoms with van der Waals surface area (Å²) in [6.07, 6.45) is 3.58. The highest BCUT2D eigenvalue weighted by atomic mass is 16.2. The third-order valence-electron chi connectivity index (χ3n) is 6.83. The van der Waals surface area contributed by atoms with Crippen molar-refractivity contribution in [1.82, 2.24) is 15.1 Å². The van der Waals surface area contributed by atoms with Gasteiger partial charge in [-0.05, 0) is 68.5 Å². The molecule has 0 fully saturated rings. The summed E-state index contributed by atoms with van der Waals surface area (Å²) in [6, 6.07) is 5.95. The number of benzene rings is 1. The van der Waals surface area contributed by atoms with Crippen LogP contribution in [0.2, 0.25) is 0 Å². The second-order valence-electron chi connectivity index (χ2n) is 12.1. The van der Waals surface area contributed by atoms with Crippen molar-refractivity contribution in [1.29, 1.82) is 0 Å². The van der Waals surface area contributed by atoms with Crippen LogP contribution < -0.4 is 5.32 Å². The van der Waals surface area contributed by atoms with Gasteiger partial charge in [-0.15, -0.1) is 0 Å². The van der Waals surface area contributed by atoms with Crippen LogP contribution in [0.3, 0.4) is 0 Å². The van der Waals surface area contributed by atoms with Gasteiger partial charge in [-0.25, -0.2) is 0 Å². The second kappa shape index (κ2) is 13.9. The Bertz CT molecular complexity index is 901. The van der Waals surface area contributed by atoms with Crippen LogP contribution in [0.1, 0.15) is 84.4 Å². The summed E-state index contributed by atoms with van der Waals surface area (Å²) in [7, 11) is 5.57. The van der Waals surface area contributed by atoms with E-state index in [2.05, 4.69) is 63.2 Å². The molecule has 2 amide bonds. The van der Waals surface area contributed by atoms with Crippen molar-refractivity contribution >= 4 is 17.5 Å². The van der Waals surface area contributed by atoms with Gasteiger partial charge in [0.05, 0.1) is 0 Å². The molecule has 0 aliphatic rings. The first-order chi connectivity index (χ1) is 16.6. The molecule has 2 atom stereocenters. The van der Waals surface area contributed by atoms with Crippen LogP contribution in [0.5, 0.6) is 0 Å². The van der Waals surface area contributed by atoms with Crippen LogP contribution >= 0.6 is 0 Å². The number of hydrogen-bond acceptors (Lipinski definition) is 4. The Kier molecular flexibility index (Phi) is 12.3. The van der Waals surface area contributed by atoms with Gasteiger partial charge in [0.15, 0.2) is 0 Å². The fourth-order valence-electron chi connectivity index (χ4n) is 4.55. The fourth-order valence-corrected chi connectivity index (χ4v) is 4.55. The van der Waals surface area contributed by atoms with E-state index in [9.17, 15) is 9.59 Å². The maximum Gasteiger partial charge on any atom is 0.245 e. The Balaban J connectivity index is 3.15. The number of carbonyl (C=O) groups excluding carboxylic acids is 2. The number of unbranched alkanes of at least 4 members (excludes halogenated alkanes) is 1. The van der Waals surface area contributed by atoms with Crippen molar-refractivity contribution in [2.45, 2.75) is 87.1 Å². The molecule has 6 heteroatoms. The van der Waals surface area contributed by atoms with Gasteiger partial charge in [0.1, 0.15) is 6.04 Å². The van der Waals surface area contributed by atoms with Crippen LogP contribution in [-0.2, 0) is 16.0 Å². The molecular weight excluding hydrogens is 448 g/mol. The number of likely N-dealkylation sites (N-methyl/N-ethyl adjacent to an activating group) is 1. The molecule has 0 saturated heterocycles. The first-order valence-corrected chi connectivity index (χ1v) is 13.4. The Morgan fingerprint density at radius 2 is 1.72 bits per heavy atom. The average molecular weight is 501 g/mol. The summed E-state index contributed by atoms with van der Waals surface area (Å²) in [5.41, 5.74) is 3.99. The van der Waals surface area contributed by atoms with Gasteiger partial charge in [-0.3, -0.25) is 14.6 Å². The van der Waals surface area contributed by atoms with Crippen LogP contribution in [0.15, 0.2) is 23.2 Å². The van der Waals surface area contributed by atoms with E-state index in [4.69, 9.17) is 4.99 Å². The van der Waals surface area contributed by atoms with E-state index in [0.717, 1.165) is 43.6 Å². The minimum Gasteiger partial charge on any atom is -0.347 e. The molecule has 0 aromatic heterocycles. The topological polar surface area (TPSA) is 65.0 Å². The van der Waals surface area contributed by atoms with Gasteiger partial charge in [0.25, 0.3) is 0 Å². The lowest BCUT2D eigenvalue weighted by Gasteiger charge is -2.35. The number of aryl methyl sites for hydroxylation is 2. The number of amides is 2. The lowest BCUT2D eigenvalue weighted by atomic mass is 9.83. The number of nitrogens with one attached hydrogen (secondary N) is 1. The first kappa shape index (κ1) is 31.8. The third-order valence-corrected chi connectivity index (χ3v) is 6.83. The maximum atomic E-state index is 13.3. The highest BCUT2D eigenvalue weighted by Gasteiger charge is 2.36. The zero-order valence-electron chi connectivity index (χ0n) is 24.9. The summed E-state index contributed by atoms with van der Waals surface area (Å²) in [5, 5.41) is 3.05. The van der Waals surface area contributed by atoms with Gasteiger partial charge in [-0.1, -0.05) is 60.1 Å². The quantitative estimate of drug-likeness (QED) is 0.383. The number of aliphatic imine (C=N–C) groups is 1. The van der Waals surface area contributed by atoms with Crippen molar-refractivity contribution in [3.8, 4) is 0 Å². The summed E-state index contributed by atoms with van der Waals surface area (Å²) in [5.74, 6) is -0.190. The Morgan fingerprint density at radius 1 is 1.08 bits per heavy atom. The van der Waals surface area contributed by atoms with E-state index in [1.807, 2.05) is 27.7 Å². The first-order valence-electron chi connectivity index (χ1n) is 13.4. The molecule has 0 radical (unpaired) electrons. The van der Waals surface area contributed by atoms with Gasteiger partial charge < -0.3 is 15.1 Å². The van der Waals surface area contributed by atoms with Gasteiger partial charge in [-0.2, -0.15) is 0 Å². The monoisotopic (exact) mass is 500 g/mol. The number of hydrogen-bond donors (Lipinski definition) is 1. The van der Waals surface area contributed by atoms with Crippen LogP contribution in [-0.4, -0.2) is 74.1 Å². The fraction of sp³-hybridized carbons (Fsp3) is 0.700. The SMILES string of the molecule is CCCCN(C)CC(C)(CN=C(C)c1ccc(CC)c(C)c1)CC(=O)N[C@H](C(=O)N(C)C)C(C)(C)C. The average Bonchev–Trinajstić information content (AvgIpc) is 2.78. The molecule has 1 N–H and O–H groups in total. The molecule has 204 valence electrons. The Labute approximate surface area is 220 Å². The lowest BCUT2D eigenvalue weighted by molar-refractivity contribution is -0.138. The summed E-state index contributed by atoms with van der Waals surface area (Å²) < 4.78 is 0. The van der Waals surface area contributed by atoms with Crippen LogP contribution in [0, 0.1) is 17.8 Å². The summed E-state index contributed by atoms with van der Waals surface area (Å²) >= 11 is 0. The van der Waals surface area contributed by atoms with Gasteiger partial charge in [0, 0.05) is 44.7 Å². The van der Waals surface area contributed by atoms with E-state index in [-0.39, 0.29) is 22.6 Å². The molecule has 6 nitrogen and oxygen atoms in total. The zero-order valence-corrected chi connectivity index (χ0v) is 24.9. The molecule has 0 aliphatic heterocycles. The van der Waals surface area contributed by atoms with Crippen molar-refractivity contribution in [2.75, 3.05) is 40.8 Å². The highest BCUT2D eigenvalue weighted by Crippen LogP contribution is 2.26. The molecule has 0 aliphatic carbocycles. The Hall–Kier alpha value is -2.21. The predicted octanol–water partition coefficient (Wildman–Crippen LogP) is 5.11. The summed E-state index contributed by atoms with van der Waals surface area (Å²) in [6.45, 7) is 18.9. The molecule has 1 unspecified atom stereocenters. The van der Waals surface area contributed by atoms with Crippen LogP contribution in [0.4, 0.5) is 0 Å². The van der Waals surface area contributed by atoms with Crippen molar-refractivity contribution < 1.29 is 9.59 Å². The van der Waals surface area contributed by atoms with Gasteiger partial charge in [0.2, 0.25) is 11.8 Å². The third kappa shape index (κ3) is 10.0. The molecule has 0 saturated carbocycles. The summed E-state index contributed by atoms with van der Waals surface area (Å²) in [4.78, 5) is 35.0. The van der Waals surface area contributed by atoms with E-state index in [0.29, 0.717) is 13.0 Å². The van der Waals surface area contributed by atoms with Gasteiger partial charge >= 0.3 is 0 Å². The highest BCUT2D eigenvalue weighted by molar-refractivity contribution is 5.99. The van der Waals surface area contributed by atoms with E-state index < -0.39 is 6.04 Å². The molecule has 36 heavy (non-hydrogen) atoms. The number of rotatable bonds is 13. The zero-order chi connectivity index (χ0) is 27.7. The van der Waals surface area contributed by atoms with E-state index in [1.165, 1.54) is 11.1 Å². The number of carbonyl (C=O) groups is 2.